The van der Waals surface area contributed by atoms with E-state index in [4.69, 9.17) is 16.0 Å². The molecule has 1 aromatic rings. The van der Waals surface area contributed by atoms with Crippen LogP contribution in [0.15, 0.2) is 10.7 Å². The number of anilines is 1. The second kappa shape index (κ2) is 4.86. The molecule has 0 spiro atoms. The summed E-state index contributed by atoms with van der Waals surface area (Å²) in [7, 11) is 6.31. The second-order valence-electron chi connectivity index (χ2n) is 5.08. The minimum Gasteiger partial charge on any atom is -0.432 e. The van der Waals surface area contributed by atoms with Gasteiger partial charge in [0, 0.05) is 19.1 Å². The fourth-order valence-electron chi connectivity index (χ4n) is 2.37. The number of hydrogen-bond donors (Lipinski definition) is 0. The van der Waals surface area contributed by atoms with Crippen molar-refractivity contribution >= 4 is 17.6 Å². The molecule has 0 saturated heterocycles. The van der Waals surface area contributed by atoms with Gasteiger partial charge in [-0.3, -0.25) is 0 Å². The van der Waals surface area contributed by atoms with Crippen LogP contribution in [0.4, 0.5) is 6.01 Å². The Labute approximate surface area is 108 Å². The number of likely N-dealkylation sites (N-methyl/N-ethyl adjacent to an activating group) is 2. The van der Waals surface area contributed by atoms with Gasteiger partial charge < -0.3 is 14.2 Å². The minimum atomic E-state index is 0.282. The van der Waals surface area contributed by atoms with E-state index in [1.165, 1.54) is 19.3 Å². The summed E-state index contributed by atoms with van der Waals surface area (Å²) in [6.07, 6.45) is 5.42. The molecule has 0 N–H and O–H groups in total. The number of rotatable bonds is 5. The molecular formula is C12H20ClN3O. The summed E-state index contributed by atoms with van der Waals surface area (Å²) < 4.78 is 5.42. The molecule has 0 aliphatic heterocycles. The number of hydrogen-bond acceptors (Lipinski definition) is 4. The SMILES string of the molecule is CN(CC1(N(C)C)CCC1)c1nc(CCl)co1. The van der Waals surface area contributed by atoms with Gasteiger partial charge in [0.2, 0.25) is 0 Å². The Morgan fingerprint density at radius 3 is 2.53 bits per heavy atom. The number of alkyl halides is 1. The number of nitrogens with zero attached hydrogens (tertiary/aromatic N) is 3. The highest BCUT2D eigenvalue weighted by molar-refractivity contribution is 6.16. The summed E-state index contributed by atoms with van der Waals surface area (Å²) in [6.45, 7) is 0.947. The highest BCUT2D eigenvalue weighted by Gasteiger charge is 2.40. The van der Waals surface area contributed by atoms with E-state index in [0.717, 1.165) is 12.2 Å². The van der Waals surface area contributed by atoms with E-state index in [9.17, 15) is 0 Å². The van der Waals surface area contributed by atoms with Gasteiger partial charge in [-0.1, -0.05) is 0 Å². The summed E-state index contributed by atoms with van der Waals surface area (Å²) in [5, 5.41) is 0. The fourth-order valence-corrected chi connectivity index (χ4v) is 2.50. The third kappa shape index (κ3) is 2.43. The molecule has 0 bridgehead atoms. The molecule has 1 saturated carbocycles. The van der Waals surface area contributed by atoms with Gasteiger partial charge in [-0.05, 0) is 33.4 Å². The molecule has 1 aromatic heterocycles. The monoisotopic (exact) mass is 257 g/mol. The first kappa shape index (κ1) is 12.7. The first-order valence-corrected chi connectivity index (χ1v) is 6.50. The van der Waals surface area contributed by atoms with Gasteiger partial charge in [-0.25, -0.2) is 0 Å². The highest BCUT2D eigenvalue weighted by Crippen LogP contribution is 2.37. The zero-order chi connectivity index (χ0) is 12.5. The first-order chi connectivity index (χ1) is 8.07. The lowest BCUT2D eigenvalue weighted by Crippen LogP contribution is -2.56. The van der Waals surface area contributed by atoms with Gasteiger partial charge in [0.25, 0.3) is 6.01 Å². The molecule has 2 rings (SSSR count). The van der Waals surface area contributed by atoms with Crippen molar-refractivity contribution in [1.29, 1.82) is 0 Å². The third-order valence-corrected chi connectivity index (χ3v) is 4.04. The molecule has 1 aliphatic carbocycles. The van der Waals surface area contributed by atoms with Crippen LogP contribution >= 0.6 is 11.6 Å². The van der Waals surface area contributed by atoms with Gasteiger partial charge >= 0.3 is 0 Å². The van der Waals surface area contributed by atoms with Crippen molar-refractivity contribution in [3.63, 3.8) is 0 Å². The lowest BCUT2D eigenvalue weighted by Gasteiger charge is -2.48. The predicted molar refractivity (Wildman–Crippen MR) is 69.6 cm³/mol. The Balaban J connectivity index is 2.03. The number of halogens is 1. The number of aromatic nitrogens is 1. The smallest absolute Gasteiger partial charge is 0.297 e. The standard InChI is InChI=1S/C12H20ClN3O/c1-15(2)12(5-4-6-12)9-16(3)11-14-10(7-13)8-17-11/h8H,4-7,9H2,1-3H3. The third-order valence-electron chi connectivity index (χ3n) is 3.77. The predicted octanol–water partition coefficient (Wildman–Crippen LogP) is 2.33. The van der Waals surface area contributed by atoms with E-state index < -0.39 is 0 Å². The topological polar surface area (TPSA) is 32.5 Å². The van der Waals surface area contributed by atoms with Gasteiger partial charge in [0.05, 0.1) is 11.6 Å². The van der Waals surface area contributed by atoms with Crippen LogP contribution in [0.1, 0.15) is 25.0 Å². The van der Waals surface area contributed by atoms with Crippen molar-refractivity contribution in [3.8, 4) is 0 Å². The maximum atomic E-state index is 5.72. The van der Waals surface area contributed by atoms with E-state index in [2.05, 4.69) is 28.9 Å². The van der Waals surface area contributed by atoms with Crippen LogP contribution in [0.2, 0.25) is 0 Å². The molecular weight excluding hydrogens is 238 g/mol. The zero-order valence-corrected chi connectivity index (χ0v) is 11.5. The molecule has 1 heterocycles. The van der Waals surface area contributed by atoms with Crippen molar-refractivity contribution in [3.05, 3.63) is 12.0 Å². The van der Waals surface area contributed by atoms with Crippen LogP contribution < -0.4 is 4.90 Å². The molecule has 96 valence electrons. The van der Waals surface area contributed by atoms with Crippen LogP contribution in [-0.2, 0) is 5.88 Å². The summed E-state index contributed by atoms with van der Waals surface area (Å²) in [5.41, 5.74) is 1.07. The van der Waals surface area contributed by atoms with Crippen LogP contribution in [-0.4, -0.2) is 43.1 Å². The average molecular weight is 258 g/mol. The average Bonchev–Trinajstić information content (AvgIpc) is 2.71. The van der Waals surface area contributed by atoms with Gasteiger partial charge in [-0.2, -0.15) is 4.98 Å². The van der Waals surface area contributed by atoms with Crippen molar-refractivity contribution in [2.45, 2.75) is 30.7 Å². The quantitative estimate of drug-likeness (QED) is 0.758. The van der Waals surface area contributed by atoms with Crippen molar-refractivity contribution < 1.29 is 4.42 Å². The van der Waals surface area contributed by atoms with Gasteiger partial charge in [0.1, 0.15) is 6.26 Å². The first-order valence-electron chi connectivity index (χ1n) is 5.96. The van der Waals surface area contributed by atoms with Crippen molar-refractivity contribution in [2.75, 3.05) is 32.6 Å². The Morgan fingerprint density at radius 1 is 1.41 bits per heavy atom. The molecule has 4 nitrogen and oxygen atoms in total. The molecule has 1 aliphatic rings. The summed E-state index contributed by atoms with van der Waals surface area (Å²) >= 11 is 5.72. The molecule has 0 radical (unpaired) electrons. The molecule has 0 unspecified atom stereocenters. The maximum Gasteiger partial charge on any atom is 0.297 e. The Bertz CT molecular complexity index is 374. The van der Waals surface area contributed by atoms with Crippen LogP contribution in [0, 0.1) is 0 Å². The van der Waals surface area contributed by atoms with Gasteiger partial charge in [-0.15, -0.1) is 11.6 Å². The molecule has 1 fully saturated rings. The van der Waals surface area contributed by atoms with Crippen molar-refractivity contribution in [1.82, 2.24) is 9.88 Å². The van der Waals surface area contributed by atoms with Crippen molar-refractivity contribution in [2.24, 2.45) is 0 Å². The molecule has 17 heavy (non-hydrogen) atoms. The Kier molecular flexibility index (Phi) is 3.64. The van der Waals surface area contributed by atoms with E-state index in [0.29, 0.717) is 11.9 Å². The summed E-state index contributed by atoms with van der Waals surface area (Å²) in [5.74, 6) is 0.399. The van der Waals surface area contributed by atoms with E-state index in [1.54, 1.807) is 6.26 Å². The molecule has 0 amide bonds. The maximum absolute atomic E-state index is 5.72. The molecule has 0 atom stereocenters. The minimum absolute atomic E-state index is 0.282. The fraction of sp³-hybridized carbons (Fsp3) is 0.750. The Hall–Kier alpha value is -0.740. The largest absolute Gasteiger partial charge is 0.432 e. The number of oxazole rings is 1. The van der Waals surface area contributed by atoms with Crippen LogP contribution in [0.5, 0.6) is 0 Å². The molecule has 5 heteroatoms. The van der Waals surface area contributed by atoms with Crippen LogP contribution in [0.25, 0.3) is 0 Å². The van der Waals surface area contributed by atoms with E-state index in [1.807, 2.05) is 7.05 Å². The van der Waals surface area contributed by atoms with E-state index >= 15 is 0 Å². The lowest BCUT2D eigenvalue weighted by atomic mass is 9.75. The van der Waals surface area contributed by atoms with E-state index in [-0.39, 0.29) is 5.54 Å². The summed E-state index contributed by atoms with van der Waals surface area (Å²) in [6, 6.07) is 0.661. The van der Waals surface area contributed by atoms with Crippen LogP contribution in [0.3, 0.4) is 0 Å². The molecule has 0 aromatic carbocycles. The second-order valence-corrected chi connectivity index (χ2v) is 5.35. The lowest BCUT2D eigenvalue weighted by molar-refractivity contribution is 0.0673. The zero-order valence-electron chi connectivity index (χ0n) is 10.7. The summed E-state index contributed by atoms with van der Waals surface area (Å²) in [4.78, 5) is 8.74. The van der Waals surface area contributed by atoms with Gasteiger partial charge in [0.15, 0.2) is 0 Å². The normalized spacial score (nSPS) is 18.2. The Morgan fingerprint density at radius 2 is 2.12 bits per heavy atom. The highest BCUT2D eigenvalue weighted by atomic mass is 35.5.